The first-order valence-electron chi connectivity index (χ1n) is 11.2. The van der Waals surface area contributed by atoms with Crippen molar-refractivity contribution in [1.29, 1.82) is 0 Å². The van der Waals surface area contributed by atoms with Crippen molar-refractivity contribution in [1.82, 2.24) is 30.1 Å². The molecular formula is C22H22F2N6O5. The molecule has 1 aromatic carbocycles. The van der Waals surface area contributed by atoms with Crippen LogP contribution in [0, 0.1) is 0 Å². The van der Waals surface area contributed by atoms with Gasteiger partial charge in [-0.3, -0.25) is 24.5 Å². The number of alkyl halides is 2. The Morgan fingerprint density at radius 1 is 1.17 bits per heavy atom. The first-order chi connectivity index (χ1) is 16.8. The Morgan fingerprint density at radius 3 is 2.77 bits per heavy atom. The second-order valence-corrected chi connectivity index (χ2v) is 8.61. The molecule has 2 unspecified atom stereocenters. The molecule has 4 heterocycles. The van der Waals surface area contributed by atoms with E-state index in [2.05, 4.69) is 15.6 Å². The summed E-state index contributed by atoms with van der Waals surface area (Å²) in [5.74, 6) is -1.61. The van der Waals surface area contributed by atoms with Crippen LogP contribution in [0.15, 0.2) is 24.4 Å². The highest BCUT2D eigenvalue weighted by atomic mass is 19.3. The van der Waals surface area contributed by atoms with Crippen molar-refractivity contribution >= 4 is 23.6 Å². The average Bonchev–Trinajstić information content (AvgIpc) is 3.35. The highest BCUT2D eigenvalue weighted by molar-refractivity contribution is 6.05. The van der Waals surface area contributed by atoms with Gasteiger partial charge in [0, 0.05) is 31.6 Å². The summed E-state index contributed by atoms with van der Waals surface area (Å²) in [6, 6.07) is 4.36. The number of amides is 4. The number of piperidine rings is 1. The first kappa shape index (κ1) is 23.0. The number of nitrogens with one attached hydrogen (secondary N) is 1. The van der Waals surface area contributed by atoms with E-state index in [0.717, 1.165) is 5.56 Å². The van der Waals surface area contributed by atoms with Crippen molar-refractivity contribution in [2.45, 2.75) is 44.4 Å². The van der Waals surface area contributed by atoms with Crippen LogP contribution < -0.4 is 5.32 Å². The maximum atomic E-state index is 13.0. The molecule has 2 saturated heterocycles. The van der Waals surface area contributed by atoms with Gasteiger partial charge in [-0.1, -0.05) is 11.3 Å². The largest absolute Gasteiger partial charge is 0.370 e. The molecule has 0 spiro atoms. The predicted octanol–water partition coefficient (Wildman–Crippen LogP) is 0.524. The van der Waals surface area contributed by atoms with Crippen LogP contribution in [0.4, 0.5) is 8.78 Å². The summed E-state index contributed by atoms with van der Waals surface area (Å²) in [6.45, 7) is 0.534. The molecule has 2 atom stereocenters. The maximum Gasteiger partial charge on any atom is 0.276 e. The number of carbonyl (C=O) groups excluding carboxylic acids is 4. The van der Waals surface area contributed by atoms with Crippen LogP contribution in [0.1, 0.15) is 45.7 Å². The number of rotatable bonds is 4. The van der Waals surface area contributed by atoms with Gasteiger partial charge in [-0.05, 0) is 30.5 Å². The van der Waals surface area contributed by atoms with Crippen LogP contribution in [0.25, 0.3) is 5.69 Å². The standard InChI is InChI=1S/C22H22F2N6O5/c23-19(24)17-5-6-28(7-8-35-17)22(34)15-11-30(27-26-15)13-2-1-12-10-29(21(33)14(12)9-13)16-3-4-18(31)25-20(16)32/h1-2,9,11,16-17,19H,3-8,10H2,(H,25,31,32). The SMILES string of the molecule is O=C1CCC(N2Cc3ccc(-n4cc(C(=O)N5CCOC(C(F)F)CC5)nn4)cc3C2=O)C(=O)N1. The number of hydrogen-bond acceptors (Lipinski definition) is 7. The van der Waals surface area contributed by atoms with Gasteiger partial charge in [0.1, 0.15) is 12.1 Å². The zero-order valence-corrected chi connectivity index (χ0v) is 18.5. The summed E-state index contributed by atoms with van der Waals surface area (Å²) in [7, 11) is 0. The summed E-state index contributed by atoms with van der Waals surface area (Å²) in [4.78, 5) is 52.3. The number of nitrogens with zero attached hydrogens (tertiary/aromatic N) is 5. The molecule has 184 valence electrons. The molecule has 11 nitrogen and oxygen atoms in total. The molecule has 0 radical (unpaired) electrons. The van der Waals surface area contributed by atoms with Gasteiger partial charge in [-0.15, -0.1) is 5.10 Å². The van der Waals surface area contributed by atoms with Crippen molar-refractivity contribution in [2.24, 2.45) is 0 Å². The minimum Gasteiger partial charge on any atom is -0.370 e. The Hall–Kier alpha value is -3.74. The average molecular weight is 488 g/mol. The van der Waals surface area contributed by atoms with Gasteiger partial charge in [-0.2, -0.15) is 0 Å². The molecular weight excluding hydrogens is 466 g/mol. The predicted molar refractivity (Wildman–Crippen MR) is 114 cm³/mol. The Kier molecular flexibility index (Phi) is 6.01. The molecule has 13 heteroatoms. The van der Waals surface area contributed by atoms with Crippen LogP contribution in [0.5, 0.6) is 0 Å². The Morgan fingerprint density at radius 2 is 2.00 bits per heavy atom. The van der Waals surface area contributed by atoms with E-state index in [1.807, 2.05) is 0 Å². The molecule has 3 aliphatic rings. The number of halogens is 2. The van der Waals surface area contributed by atoms with Gasteiger partial charge < -0.3 is 14.5 Å². The van der Waals surface area contributed by atoms with E-state index in [4.69, 9.17) is 4.74 Å². The molecule has 3 aliphatic heterocycles. The monoisotopic (exact) mass is 488 g/mol. The molecule has 35 heavy (non-hydrogen) atoms. The molecule has 0 bridgehead atoms. The molecule has 1 aromatic heterocycles. The molecule has 0 saturated carbocycles. The van der Waals surface area contributed by atoms with Gasteiger partial charge in [0.05, 0.1) is 18.5 Å². The lowest BCUT2D eigenvalue weighted by atomic mass is 10.0. The van der Waals surface area contributed by atoms with Gasteiger partial charge in [0.2, 0.25) is 11.8 Å². The van der Waals surface area contributed by atoms with E-state index in [1.54, 1.807) is 18.2 Å². The van der Waals surface area contributed by atoms with Gasteiger partial charge in [0.25, 0.3) is 18.2 Å². The second kappa shape index (κ2) is 9.13. The highest BCUT2D eigenvalue weighted by Gasteiger charge is 2.39. The van der Waals surface area contributed by atoms with Crippen LogP contribution in [-0.4, -0.2) is 86.7 Å². The molecule has 5 rings (SSSR count). The molecule has 1 N–H and O–H groups in total. The molecule has 4 amide bonds. The normalized spacial score (nSPS) is 22.9. The fourth-order valence-corrected chi connectivity index (χ4v) is 4.53. The summed E-state index contributed by atoms with van der Waals surface area (Å²) in [5, 5.41) is 10.2. The number of hydrogen-bond donors (Lipinski definition) is 1. The van der Waals surface area contributed by atoms with Crippen molar-refractivity contribution < 1.29 is 32.7 Å². The number of carbonyl (C=O) groups is 4. The number of benzene rings is 1. The second-order valence-electron chi connectivity index (χ2n) is 8.61. The zero-order valence-electron chi connectivity index (χ0n) is 18.5. The number of fused-ring (bicyclic) bond motifs is 1. The summed E-state index contributed by atoms with van der Waals surface area (Å²) in [5.41, 5.74) is 1.67. The van der Waals surface area contributed by atoms with Crippen molar-refractivity contribution in [3.8, 4) is 5.69 Å². The minimum atomic E-state index is -2.61. The van der Waals surface area contributed by atoms with Crippen LogP contribution >= 0.6 is 0 Å². The van der Waals surface area contributed by atoms with E-state index in [1.165, 1.54) is 20.7 Å². The van der Waals surface area contributed by atoms with Crippen LogP contribution in [0.2, 0.25) is 0 Å². The fraction of sp³-hybridized carbons (Fsp3) is 0.455. The van der Waals surface area contributed by atoms with E-state index >= 15 is 0 Å². The topological polar surface area (TPSA) is 127 Å². The van der Waals surface area contributed by atoms with E-state index in [-0.39, 0.29) is 63.0 Å². The summed E-state index contributed by atoms with van der Waals surface area (Å²) in [6.07, 6.45) is -1.94. The van der Waals surface area contributed by atoms with Gasteiger partial charge in [0.15, 0.2) is 5.69 Å². The van der Waals surface area contributed by atoms with E-state index in [0.29, 0.717) is 11.3 Å². The number of ether oxygens (including phenoxy) is 1. The maximum absolute atomic E-state index is 13.0. The van der Waals surface area contributed by atoms with Crippen molar-refractivity contribution in [3.05, 3.63) is 41.2 Å². The van der Waals surface area contributed by atoms with Crippen molar-refractivity contribution in [2.75, 3.05) is 19.7 Å². The van der Waals surface area contributed by atoms with E-state index < -0.39 is 30.4 Å². The molecule has 0 aliphatic carbocycles. The summed E-state index contributed by atoms with van der Waals surface area (Å²) >= 11 is 0. The number of imide groups is 1. The van der Waals surface area contributed by atoms with Gasteiger partial charge >= 0.3 is 0 Å². The zero-order chi connectivity index (χ0) is 24.7. The third-order valence-electron chi connectivity index (χ3n) is 6.43. The third-order valence-corrected chi connectivity index (χ3v) is 6.43. The third kappa shape index (κ3) is 4.38. The lowest BCUT2D eigenvalue weighted by molar-refractivity contribution is -0.136. The lowest BCUT2D eigenvalue weighted by Crippen LogP contribution is -2.52. The highest BCUT2D eigenvalue weighted by Crippen LogP contribution is 2.29. The first-order valence-corrected chi connectivity index (χ1v) is 11.2. The number of aromatic nitrogens is 3. The quantitative estimate of drug-likeness (QED) is 0.622. The Labute approximate surface area is 198 Å². The van der Waals surface area contributed by atoms with Gasteiger partial charge in [-0.25, -0.2) is 13.5 Å². The smallest absolute Gasteiger partial charge is 0.276 e. The Bertz CT molecular complexity index is 1200. The summed E-state index contributed by atoms with van der Waals surface area (Å²) < 4.78 is 32.3. The Balaban J connectivity index is 1.30. The fourth-order valence-electron chi connectivity index (χ4n) is 4.53. The van der Waals surface area contributed by atoms with E-state index in [9.17, 15) is 28.0 Å². The minimum absolute atomic E-state index is 0.00545. The van der Waals surface area contributed by atoms with Crippen LogP contribution in [-0.2, 0) is 20.9 Å². The lowest BCUT2D eigenvalue weighted by Gasteiger charge is -2.29. The molecule has 2 fully saturated rings. The molecule has 2 aromatic rings. The van der Waals surface area contributed by atoms with Crippen molar-refractivity contribution in [3.63, 3.8) is 0 Å². The van der Waals surface area contributed by atoms with Crippen LogP contribution in [0.3, 0.4) is 0 Å².